The number of rotatable bonds is 6. The number of nitrogens with one attached hydrogen (secondary N) is 2. The summed E-state index contributed by atoms with van der Waals surface area (Å²) in [6.45, 7) is 2.73. The zero-order valence-electron chi connectivity index (χ0n) is 11.7. The van der Waals surface area contributed by atoms with Gasteiger partial charge in [0.25, 0.3) is 0 Å². The molecule has 2 aromatic rings. The Hall–Kier alpha value is -2.01. The van der Waals surface area contributed by atoms with Gasteiger partial charge >= 0.3 is 0 Å². The lowest BCUT2D eigenvalue weighted by molar-refractivity contribution is -0.114. The highest BCUT2D eigenvalue weighted by molar-refractivity contribution is 9.10. The summed E-state index contributed by atoms with van der Waals surface area (Å²) in [6.07, 6.45) is 0. The second-order valence-corrected chi connectivity index (χ2v) is 5.29. The molecule has 2 aromatic carbocycles. The fourth-order valence-corrected chi connectivity index (χ4v) is 2.05. The van der Waals surface area contributed by atoms with Gasteiger partial charge in [-0.3, -0.25) is 4.79 Å². The number of anilines is 2. The van der Waals surface area contributed by atoms with Crippen LogP contribution < -0.4 is 15.4 Å². The molecule has 5 heteroatoms. The smallest absolute Gasteiger partial charge is 0.243 e. The molecule has 2 N–H and O–H groups in total. The molecule has 0 bridgehead atoms. The van der Waals surface area contributed by atoms with Crippen molar-refractivity contribution in [3.63, 3.8) is 0 Å². The van der Waals surface area contributed by atoms with E-state index in [-0.39, 0.29) is 12.5 Å². The van der Waals surface area contributed by atoms with E-state index in [4.69, 9.17) is 4.74 Å². The van der Waals surface area contributed by atoms with Crippen LogP contribution in [-0.4, -0.2) is 19.1 Å². The molecular weight excluding hydrogens is 332 g/mol. The van der Waals surface area contributed by atoms with E-state index in [1.54, 1.807) is 6.07 Å². The molecule has 0 saturated heterocycles. The third kappa shape index (κ3) is 5.11. The monoisotopic (exact) mass is 348 g/mol. The number of amides is 1. The third-order valence-electron chi connectivity index (χ3n) is 2.73. The summed E-state index contributed by atoms with van der Waals surface area (Å²) < 4.78 is 6.40. The molecule has 2 rings (SSSR count). The highest BCUT2D eigenvalue weighted by atomic mass is 79.9. The Labute approximate surface area is 132 Å². The number of carbonyl (C=O) groups excluding carboxylic acids is 1. The summed E-state index contributed by atoms with van der Waals surface area (Å²) in [5.74, 6) is 0.641. The fourth-order valence-electron chi connectivity index (χ4n) is 1.79. The fraction of sp³-hybridized carbons (Fsp3) is 0.188. The molecule has 0 atom stereocenters. The minimum Gasteiger partial charge on any atom is -0.494 e. The molecule has 0 heterocycles. The molecule has 1 amide bonds. The number of hydrogen-bond donors (Lipinski definition) is 2. The number of hydrogen-bond acceptors (Lipinski definition) is 3. The number of halogens is 1. The van der Waals surface area contributed by atoms with Crippen molar-refractivity contribution in [3.05, 3.63) is 53.0 Å². The lowest BCUT2D eigenvalue weighted by Crippen LogP contribution is -2.21. The summed E-state index contributed by atoms with van der Waals surface area (Å²) in [7, 11) is 0. The molecule has 0 aromatic heterocycles. The minimum atomic E-state index is -0.105. The molecule has 110 valence electrons. The first kappa shape index (κ1) is 15.4. The predicted octanol–water partition coefficient (Wildman–Crippen LogP) is 3.90. The maximum atomic E-state index is 11.9. The van der Waals surface area contributed by atoms with Crippen molar-refractivity contribution in [1.82, 2.24) is 0 Å². The van der Waals surface area contributed by atoms with Gasteiger partial charge in [0.1, 0.15) is 5.75 Å². The van der Waals surface area contributed by atoms with E-state index >= 15 is 0 Å². The Bertz CT molecular complexity index is 599. The Morgan fingerprint density at radius 1 is 1.14 bits per heavy atom. The van der Waals surface area contributed by atoms with Crippen molar-refractivity contribution in [2.75, 3.05) is 23.8 Å². The molecule has 0 spiro atoms. The van der Waals surface area contributed by atoms with E-state index in [1.807, 2.05) is 49.4 Å². The molecule has 0 aliphatic carbocycles. The van der Waals surface area contributed by atoms with Crippen LogP contribution in [0.3, 0.4) is 0 Å². The summed E-state index contributed by atoms with van der Waals surface area (Å²) in [5, 5.41) is 5.90. The van der Waals surface area contributed by atoms with Gasteiger partial charge < -0.3 is 15.4 Å². The lowest BCUT2D eigenvalue weighted by Gasteiger charge is -2.09. The Balaban J connectivity index is 1.86. The Morgan fingerprint density at radius 3 is 2.62 bits per heavy atom. The average Bonchev–Trinajstić information content (AvgIpc) is 2.47. The van der Waals surface area contributed by atoms with Gasteiger partial charge in [0.15, 0.2) is 0 Å². The molecule has 0 unspecified atom stereocenters. The van der Waals surface area contributed by atoms with E-state index < -0.39 is 0 Å². The topological polar surface area (TPSA) is 50.4 Å². The second kappa shape index (κ2) is 7.69. The van der Waals surface area contributed by atoms with Crippen LogP contribution in [0.25, 0.3) is 0 Å². The van der Waals surface area contributed by atoms with Crippen LogP contribution >= 0.6 is 15.9 Å². The number of benzene rings is 2. The first-order valence-corrected chi connectivity index (χ1v) is 7.49. The Kier molecular flexibility index (Phi) is 5.63. The SMILES string of the molecule is CCOc1cccc(NC(=O)CNc2ccc(Br)cc2)c1. The molecule has 0 aliphatic rings. The lowest BCUT2D eigenvalue weighted by atomic mass is 10.3. The van der Waals surface area contributed by atoms with Crippen LogP contribution in [0.4, 0.5) is 11.4 Å². The first-order valence-electron chi connectivity index (χ1n) is 6.69. The van der Waals surface area contributed by atoms with Crippen LogP contribution in [0, 0.1) is 0 Å². The maximum absolute atomic E-state index is 11.9. The van der Waals surface area contributed by atoms with Crippen molar-refractivity contribution in [3.8, 4) is 5.75 Å². The second-order valence-electron chi connectivity index (χ2n) is 4.37. The Morgan fingerprint density at radius 2 is 1.90 bits per heavy atom. The highest BCUT2D eigenvalue weighted by Crippen LogP contribution is 2.17. The van der Waals surface area contributed by atoms with E-state index in [9.17, 15) is 4.79 Å². The van der Waals surface area contributed by atoms with Gasteiger partial charge in [-0.15, -0.1) is 0 Å². The van der Waals surface area contributed by atoms with Gasteiger partial charge in [-0.2, -0.15) is 0 Å². The van der Waals surface area contributed by atoms with Crippen LogP contribution in [-0.2, 0) is 4.79 Å². The van der Waals surface area contributed by atoms with E-state index in [0.717, 1.165) is 21.6 Å². The standard InChI is InChI=1S/C16H17BrN2O2/c1-2-21-15-5-3-4-14(10-15)19-16(20)11-18-13-8-6-12(17)7-9-13/h3-10,18H,2,11H2,1H3,(H,19,20). The predicted molar refractivity (Wildman–Crippen MR) is 88.9 cm³/mol. The quantitative estimate of drug-likeness (QED) is 0.832. The molecule has 0 fully saturated rings. The highest BCUT2D eigenvalue weighted by Gasteiger charge is 2.03. The van der Waals surface area contributed by atoms with E-state index in [0.29, 0.717) is 6.61 Å². The zero-order valence-corrected chi connectivity index (χ0v) is 13.3. The summed E-state index contributed by atoms with van der Waals surface area (Å²) in [5.41, 5.74) is 1.62. The van der Waals surface area contributed by atoms with Gasteiger partial charge in [0.2, 0.25) is 5.91 Å². The minimum absolute atomic E-state index is 0.105. The summed E-state index contributed by atoms with van der Waals surface area (Å²) in [6, 6.07) is 15.0. The molecule has 0 radical (unpaired) electrons. The van der Waals surface area contributed by atoms with Gasteiger partial charge in [-0.25, -0.2) is 0 Å². The van der Waals surface area contributed by atoms with Gasteiger partial charge in [-0.05, 0) is 43.3 Å². The normalized spacial score (nSPS) is 10.0. The van der Waals surface area contributed by atoms with E-state index in [2.05, 4.69) is 26.6 Å². The molecule has 0 saturated carbocycles. The van der Waals surface area contributed by atoms with Crippen molar-refractivity contribution in [2.24, 2.45) is 0 Å². The van der Waals surface area contributed by atoms with Crippen LogP contribution in [0.2, 0.25) is 0 Å². The largest absolute Gasteiger partial charge is 0.494 e. The van der Waals surface area contributed by atoms with Crippen LogP contribution in [0.1, 0.15) is 6.92 Å². The molecular formula is C16H17BrN2O2. The molecule has 0 aliphatic heterocycles. The van der Waals surface area contributed by atoms with Gasteiger partial charge in [0, 0.05) is 21.9 Å². The summed E-state index contributed by atoms with van der Waals surface area (Å²) in [4.78, 5) is 11.9. The molecule has 4 nitrogen and oxygen atoms in total. The van der Waals surface area contributed by atoms with E-state index in [1.165, 1.54) is 0 Å². The van der Waals surface area contributed by atoms with Gasteiger partial charge in [-0.1, -0.05) is 22.0 Å². The average molecular weight is 349 g/mol. The zero-order chi connectivity index (χ0) is 15.1. The van der Waals surface area contributed by atoms with Crippen molar-refractivity contribution >= 4 is 33.2 Å². The summed E-state index contributed by atoms with van der Waals surface area (Å²) >= 11 is 3.37. The first-order chi connectivity index (χ1) is 10.2. The van der Waals surface area contributed by atoms with Crippen LogP contribution in [0.5, 0.6) is 5.75 Å². The molecule has 21 heavy (non-hydrogen) atoms. The van der Waals surface area contributed by atoms with Gasteiger partial charge in [0.05, 0.1) is 13.2 Å². The van der Waals surface area contributed by atoms with Crippen molar-refractivity contribution < 1.29 is 9.53 Å². The number of carbonyl (C=O) groups is 1. The number of ether oxygens (including phenoxy) is 1. The third-order valence-corrected chi connectivity index (χ3v) is 3.25. The van der Waals surface area contributed by atoms with Crippen LogP contribution in [0.15, 0.2) is 53.0 Å². The van der Waals surface area contributed by atoms with Crippen molar-refractivity contribution in [1.29, 1.82) is 0 Å². The maximum Gasteiger partial charge on any atom is 0.243 e. The van der Waals surface area contributed by atoms with Crippen molar-refractivity contribution in [2.45, 2.75) is 6.92 Å².